The average Bonchev–Trinajstić information content (AvgIpc) is 2.46. The molecule has 0 bridgehead atoms. The van der Waals surface area contributed by atoms with E-state index < -0.39 is 12.0 Å². The Labute approximate surface area is 114 Å². The molecule has 2 aliphatic heterocycles. The summed E-state index contributed by atoms with van der Waals surface area (Å²) in [5, 5.41) is 12.6. The predicted octanol–water partition coefficient (Wildman–Crippen LogP) is 1.09. The smallest absolute Gasteiger partial charge is 0.326 e. The van der Waals surface area contributed by atoms with Crippen LogP contribution in [0.1, 0.15) is 39.0 Å². The Kier molecular flexibility index (Phi) is 4.80. The molecule has 5 heteroatoms. The van der Waals surface area contributed by atoms with Gasteiger partial charge in [-0.05, 0) is 38.1 Å². The zero-order chi connectivity index (χ0) is 13.8. The molecule has 2 unspecified atom stereocenters. The van der Waals surface area contributed by atoms with Gasteiger partial charge < -0.3 is 15.3 Å². The van der Waals surface area contributed by atoms with Gasteiger partial charge in [-0.1, -0.05) is 13.3 Å². The van der Waals surface area contributed by atoms with Gasteiger partial charge in [-0.25, -0.2) is 4.79 Å². The molecule has 1 amide bonds. The van der Waals surface area contributed by atoms with Crippen molar-refractivity contribution in [1.82, 2.24) is 10.2 Å². The molecule has 0 aromatic heterocycles. The van der Waals surface area contributed by atoms with Gasteiger partial charge in [-0.2, -0.15) is 0 Å². The molecular formula is C14H24N2O3. The van der Waals surface area contributed by atoms with E-state index in [4.69, 9.17) is 0 Å². The Bertz CT molecular complexity index is 340. The second-order valence-electron chi connectivity index (χ2n) is 5.73. The summed E-state index contributed by atoms with van der Waals surface area (Å²) in [6, 6.07) is -0.617. The molecule has 2 N–H and O–H groups in total. The number of carbonyl (C=O) groups is 2. The Morgan fingerprint density at radius 1 is 1.37 bits per heavy atom. The number of nitrogens with zero attached hydrogens (tertiary/aromatic N) is 1. The van der Waals surface area contributed by atoms with Crippen LogP contribution in [0.2, 0.25) is 0 Å². The van der Waals surface area contributed by atoms with Crippen molar-refractivity contribution in [3.63, 3.8) is 0 Å². The topological polar surface area (TPSA) is 69.6 Å². The van der Waals surface area contributed by atoms with E-state index in [0.29, 0.717) is 25.4 Å². The quantitative estimate of drug-likeness (QED) is 0.804. The molecule has 0 aromatic carbocycles. The van der Waals surface area contributed by atoms with E-state index in [1.54, 1.807) is 4.90 Å². The van der Waals surface area contributed by atoms with Crippen molar-refractivity contribution in [2.24, 2.45) is 11.8 Å². The molecule has 0 aliphatic carbocycles. The summed E-state index contributed by atoms with van der Waals surface area (Å²) in [5.74, 6) is -0.409. The maximum Gasteiger partial charge on any atom is 0.326 e. The highest BCUT2D eigenvalue weighted by Crippen LogP contribution is 2.27. The SMILES string of the molecule is CCC1CCN(C(=O)[C@H]2CCCNC2)C(C(=O)O)C1. The molecule has 2 heterocycles. The first-order valence-corrected chi connectivity index (χ1v) is 7.37. The van der Waals surface area contributed by atoms with Crippen LogP contribution in [0, 0.1) is 11.8 Å². The second-order valence-corrected chi connectivity index (χ2v) is 5.73. The Hall–Kier alpha value is -1.10. The van der Waals surface area contributed by atoms with Gasteiger partial charge in [0.05, 0.1) is 5.92 Å². The normalized spacial score (nSPS) is 32.1. The summed E-state index contributed by atoms with van der Waals surface area (Å²) in [6.45, 7) is 4.35. The standard InChI is InChI=1S/C14H24N2O3/c1-2-10-5-7-16(12(8-10)14(18)19)13(17)11-4-3-6-15-9-11/h10-12,15H,2-9H2,1H3,(H,18,19)/t10?,11-,12?/m0/s1. The lowest BCUT2D eigenvalue weighted by atomic mass is 9.87. The van der Waals surface area contributed by atoms with Gasteiger partial charge in [0.15, 0.2) is 0 Å². The lowest BCUT2D eigenvalue weighted by molar-refractivity contribution is -0.155. The van der Waals surface area contributed by atoms with E-state index in [0.717, 1.165) is 32.2 Å². The van der Waals surface area contributed by atoms with Crippen LogP contribution in [0.3, 0.4) is 0 Å². The van der Waals surface area contributed by atoms with Crippen molar-refractivity contribution >= 4 is 11.9 Å². The fraction of sp³-hybridized carbons (Fsp3) is 0.857. The van der Waals surface area contributed by atoms with Gasteiger partial charge in [0.2, 0.25) is 5.91 Å². The monoisotopic (exact) mass is 268 g/mol. The second kappa shape index (κ2) is 6.37. The number of likely N-dealkylation sites (tertiary alicyclic amines) is 1. The molecule has 3 atom stereocenters. The van der Waals surface area contributed by atoms with Gasteiger partial charge in [0.25, 0.3) is 0 Å². The number of hydrogen-bond acceptors (Lipinski definition) is 3. The summed E-state index contributed by atoms with van der Waals surface area (Å²) >= 11 is 0. The zero-order valence-corrected chi connectivity index (χ0v) is 11.6. The molecule has 2 fully saturated rings. The predicted molar refractivity (Wildman–Crippen MR) is 71.7 cm³/mol. The van der Waals surface area contributed by atoms with E-state index >= 15 is 0 Å². The highest BCUT2D eigenvalue weighted by molar-refractivity contribution is 5.85. The molecule has 0 saturated carbocycles. The molecule has 0 spiro atoms. The molecule has 5 nitrogen and oxygen atoms in total. The molecule has 2 saturated heterocycles. The van der Waals surface area contributed by atoms with Gasteiger partial charge in [0.1, 0.15) is 6.04 Å². The lowest BCUT2D eigenvalue weighted by Crippen LogP contribution is -2.53. The third-order valence-electron chi connectivity index (χ3n) is 4.50. The maximum absolute atomic E-state index is 12.5. The zero-order valence-electron chi connectivity index (χ0n) is 11.6. The third-order valence-corrected chi connectivity index (χ3v) is 4.50. The summed E-state index contributed by atoms with van der Waals surface area (Å²) < 4.78 is 0. The van der Waals surface area contributed by atoms with Crippen LogP contribution in [0.5, 0.6) is 0 Å². The number of hydrogen-bond donors (Lipinski definition) is 2. The van der Waals surface area contributed by atoms with Gasteiger partial charge >= 0.3 is 5.97 Å². The van der Waals surface area contributed by atoms with Crippen LogP contribution < -0.4 is 5.32 Å². The van der Waals surface area contributed by atoms with E-state index in [2.05, 4.69) is 12.2 Å². The number of piperidine rings is 2. The number of carbonyl (C=O) groups excluding carboxylic acids is 1. The van der Waals surface area contributed by atoms with Crippen molar-refractivity contribution in [1.29, 1.82) is 0 Å². The van der Waals surface area contributed by atoms with Crippen molar-refractivity contribution in [2.75, 3.05) is 19.6 Å². The summed E-state index contributed by atoms with van der Waals surface area (Å²) in [7, 11) is 0. The van der Waals surface area contributed by atoms with Gasteiger partial charge in [-0.15, -0.1) is 0 Å². The minimum Gasteiger partial charge on any atom is -0.480 e. The van der Waals surface area contributed by atoms with Crippen LogP contribution in [0.15, 0.2) is 0 Å². The Balaban J connectivity index is 2.03. The van der Waals surface area contributed by atoms with Crippen LogP contribution >= 0.6 is 0 Å². The minimum absolute atomic E-state index is 0.0335. The van der Waals surface area contributed by atoms with E-state index in [1.165, 1.54) is 0 Å². The van der Waals surface area contributed by atoms with Crippen molar-refractivity contribution < 1.29 is 14.7 Å². The Morgan fingerprint density at radius 3 is 2.74 bits per heavy atom. The first-order chi connectivity index (χ1) is 9.13. The van der Waals surface area contributed by atoms with Crippen molar-refractivity contribution in [2.45, 2.75) is 45.1 Å². The largest absolute Gasteiger partial charge is 0.480 e. The number of amides is 1. The van der Waals surface area contributed by atoms with Crippen LogP contribution in [-0.4, -0.2) is 47.6 Å². The summed E-state index contributed by atoms with van der Waals surface area (Å²) in [4.78, 5) is 25.5. The van der Waals surface area contributed by atoms with E-state index in [1.807, 2.05) is 0 Å². The molecule has 2 rings (SSSR count). The number of nitrogens with one attached hydrogen (secondary N) is 1. The molecule has 0 aromatic rings. The molecule has 108 valence electrons. The first kappa shape index (κ1) is 14.3. The van der Waals surface area contributed by atoms with Crippen LogP contribution in [-0.2, 0) is 9.59 Å². The minimum atomic E-state index is -0.852. The number of rotatable bonds is 3. The summed E-state index contributed by atoms with van der Waals surface area (Å²) in [5.41, 5.74) is 0. The molecule has 19 heavy (non-hydrogen) atoms. The van der Waals surface area contributed by atoms with Crippen LogP contribution in [0.4, 0.5) is 0 Å². The number of carboxylic acids is 1. The molecule has 0 radical (unpaired) electrons. The van der Waals surface area contributed by atoms with Gasteiger partial charge in [0, 0.05) is 13.1 Å². The molecule has 2 aliphatic rings. The Morgan fingerprint density at radius 2 is 2.16 bits per heavy atom. The highest BCUT2D eigenvalue weighted by Gasteiger charge is 2.38. The fourth-order valence-electron chi connectivity index (χ4n) is 3.20. The highest BCUT2D eigenvalue weighted by atomic mass is 16.4. The lowest BCUT2D eigenvalue weighted by Gasteiger charge is -2.39. The van der Waals surface area contributed by atoms with Crippen molar-refractivity contribution in [3.05, 3.63) is 0 Å². The van der Waals surface area contributed by atoms with E-state index in [9.17, 15) is 14.7 Å². The van der Waals surface area contributed by atoms with Crippen molar-refractivity contribution in [3.8, 4) is 0 Å². The first-order valence-electron chi connectivity index (χ1n) is 7.37. The van der Waals surface area contributed by atoms with Crippen LogP contribution in [0.25, 0.3) is 0 Å². The number of aliphatic carboxylic acids is 1. The fourth-order valence-corrected chi connectivity index (χ4v) is 3.20. The summed E-state index contributed by atoms with van der Waals surface area (Å²) in [6.07, 6.45) is 4.42. The number of carboxylic acid groups (broad SMARTS) is 1. The molecular weight excluding hydrogens is 244 g/mol. The maximum atomic E-state index is 12.5. The van der Waals surface area contributed by atoms with Gasteiger partial charge in [-0.3, -0.25) is 4.79 Å². The van der Waals surface area contributed by atoms with E-state index in [-0.39, 0.29) is 11.8 Å². The average molecular weight is 268 g/mol. The third kappa shape index (κ3) is 3.26.